The number of nitrogens with two attached hydrogens (primary N) is 1. The molecule has 2 aromatic rings. The highest BCUT2D eigenvalue weighted by Crippen LogP contribution is 2.31. The van der Waals surface area contributed by atoms with Crippen LogP contribution in [0.25, 0.3) is 5.69 Å². The number of alkyl halides is 3. The van der Waals surface area contributed by atoms with Crippen molar-refractivity contribution in [3.8, 4) is 5.69 Å². The van der Waals surface area contributed by atoms with Gasteiger partial charge in [-0.15, -0.1) is 5.10 Å². The van der Waals surface area contributed by atoms with Crippen molar-refractivity contribution in [2.45, 2.75) is 26.1 Å². The Morgan fingerprint density at radius 3 is 2.45 bits per heavy atom. The molecule has 1 heterocycles. The van der Waals surface area contributed by atoms with Gasteiger partial charge in [0.2, 0.25) is 0 Å². The molecule has 0 bridgehead atoms. The molecular weight excluding hydrogens is 276 g/mol. The Bertz CT molecular complexity index is 631. The van der Waals surface area contributed by atoms with Gasteiger partial charge >= 0.3 is 6.18 Å². The van der Waals surface area contributed by atoms with Crippen LogP contribution in [0.2, 0.25) is 0 Å². The predicted octanol–water partition coefficient (Wildman–Crippen LogP) is 2.75. The van der Waals surface area contributed by atoms with Gasteiger partial charge in [0.25, 0.3) is 0 Å². The molecule has 0 aliphatic heterocycles. The Hall–Kier alpha value is -1.96. The molecule has 20 heavy (non-hydrogen) atoms. The molecule has 0 fully saturated rings. The molecule has 1 unspecified atom stereocenters. The predicted molar refractivity (Wildman–Crippen MR) is 63.7 cm³/mol. The minimum Gasteiger partial charge on any atom is -0.323 e. The maximum atomic E-state index is 13.7. The van der Waals surface area contributed by atoms with Gasteiger partial charge in [0, 0.05) is 6.04 Å². The van der Waals surface area contributed by atoms with Gasteiger partial charge in [-0.3, -0.25) is 0 Å². The first kappa shape index (κ1) is 14.4. The molecule has 0 saturated carbocycles. The van der Waals surface area contributed by atoms with Crippen LogP contribution in [0.5, 0.6) is 0 Å². The van der Waals surface area contributed by atoms with E-state index in [1.54, 1.807) is 13.8 Å². The van der Waals surface area contributed by atoms with E-state index >= 15 is 0 Å². The van der Waals surface area contributed by atoms with Gasteiger partial charge < -0.3 is 5.73 Å². The number of nitrogens with zero attached hydrogens (tertiary/aromatic N) is 3. The maximum Gasteiger partial charge on any atom is 0.416 e. The lowest BCUT2D eigenvalue weighted by atomic mass is 10.1. The highest BCUT2D eigenvalue weighted by molar-refractivity contribution is 5.39. The van der Waals surface area contributed by atoms with Crippen molar-refractivity contribution in [3.05, 3.63) is 41.0 Å². The number of hydrogen-bond donors (Lipinski definition) is 1. The summed E-state index contributed by atoms with van der Waals surface area (Å²) < 4.78 is 52.7. The van der Waals surface area contributed by atoms with Crippen LogP contribution in [-0.2, 0) is 6.18 Å². The summed E-state index contributed by atoms with van der Waals surface area (Å²) in [4.78, 5) is 0. The summed E-state index contributed by atoms with van der Waals surface area (Å²) in [6.07, 6.45) is -4.55. The monoisotopic (exact) mass is 288 g/mol. The van der Waals surface area contributed by atoms with Crippen LogP contribution in [0.3, 0.4) is 0 Å². The van der Waals surface area contributed by atoms with Crippen LogP contribution in [0, 0.1) is 12.7 Å². The van der Waals surface area contributed by atoms with E-state index in [0.717, 1.165) is 10.7 Å². The van der Waals surface area contributed by atoms with Crippen LogP contribution in [0.1, 0.15) is 29.9 Å². The molecule has 0 aliphatic carbocycles. The molecule has 8 heteroatoms. The quantitative estimate of drug-likeness (QED) is 0.864. The molecule has 1 atom stereocenters. The van der Waals surface area contributed by atoms with Crippen molar-refractivity contribution in [2.24, 2.45) is 5.73 Å². The summed E-state index contributed by atoms with van der Waals surface area (Å²) in [7, 11) is 0. The second kappa shape index (κ2) is 4.86. The van der Waals surface area contributed by atoms with Crippen LogP contribution in [0.4, 0.5) is 17.6 Å². The lowest BCUT2D eigenvalue weighted by Crippen LogP contribution is -2.10. The molecule has 0 aliphatic rings. The zero-order valence-corrected chi connectivity index (χ0v) is 10.7. The van der Waals surface area contributed by atoms with Crippen LogP contribution < -0.4 is 5.73 Å². The van der Waals surface area contributed by atoms with Gasteiger partial charge in [0.15, 0.2) is 0 Å². The first-order valence-corrected chi connectivity index (χ1v) is 5.76. The van der Waals surface area contributed by atoms with Crippen molar-refractivity contribution in [1.82, 2.24) is 15.0 Å². The molecule has 1 aromatic heterocycles. The molecule has 4 nitrogen and oxygen atoms in total. The first-order chi connectivity index (χ1) is 9.21. The molecule has 0 amide bonds. The third kappa shape index (κ3) is 2.51. The van der Waals surface area contributed by atoms with Crippen molar-refractivity contribution in [1.29, 1.82) is 0 Å². The van der Waals surface area contributed by atoms with Gasteiger partial charge in [-0.05, 0) is 32.0 Å². The third-order valence-corrected chi connectivity index (χ3v) is 2.86. The fourth-order valence-corrected chi connectivity index (χ4v) is 1.84. The van der Waals surface area contributed by atoms with Gasteiger partial charge in [-0.1, -0.05) is 5.21 Å². The smallest absolute Gasteiger partial charge is 0.323 e. The molecular formula is C12H12F4N4. The maximum absolute atomic E-state index is 13.7. The lowest BCUT2D eigenvalue weighted by Gasteiger charge is -2.11. The zero-order chi connectivity index (χ0) is 15.1. The Balaban J connectivity index is 2.58. The summed E-state index contributed by atoms with van der Waals surface area (Å²) in [6.45, 7) is 3.22. The van der Waals surface area contributed by atoms with E-state index in [1.807, 2.05) is 0 Å². The van der Waals surface area contributed by atoms with E-state index in [0.29, 0.717) is 23.5 Å². The van der Waals surface area contributed by atoms with Crippen molar-refractivity contribution >= 4 is 0 Å². The number of rotatable bonds is 2. The van der Waals surface area contributed by atoms with E-state index in [2.05, 4.69) is 10.3 Å². The van der Waals surface area contributed by atoms with Crippen LogP contribution in [0.15, 0.2) is 18.2 Å². The second-order valence-electron chi connectivity index (χ2n) is 4.42. The Morgan fingerprint density at radius 1 is 1.30 bits per heavy atom. The number of halogens is 4. The van der Waals surface area contributed by atoms with E-state index in [4.69, 9.17) is 5.73 Å². The van der Waals surface area contributed by atoms with Gasteiger partial charge in [-0.2, -0.15) is 13.2 Å². The van der Waals surface area contributed by atoms with Gasteiger partial charge in [0.05, 0.1) is 11.3 Å². The van der Waals surface area contributed by atoms with Crippen LogP contribution >= 0.6 is 0 Å². The van der Waals surface area contributed by atoms with Crippen molar-refractivity contribution in [2.75, 3.05) is 0 Å². The fraction of sp³-hybridized carbons (Fsp3) is 0.333. The average Bonchev–Trinajstić information content (AvgIpc) is 2.70. The summed E-state index contributed by atoms with van der Waals surface area (Å²) in [5.74, 6) is -0.817. The third-order valence-electron chi connectivity index (χ3n) is 2.86. The lowest BCUT2D eigenvalue weighted by molar-refractivity contribution is -0.137. The SMILES string of the molecule is Cc1c(C(C)N)nnn1-c1cc(C(F)(F)F)ccc1F. The van der Waals surface area contributed by atoms with E-state index < -0.39 is 23.6 Å². The zero-order valence-electron chi connectivity index (χ0n) is 10.7. The van der Waals surface area contributed by atoms with E-state index in [1.165, 1.54) is 0 Å². The molecule has 0 spiro atoms. The molecule has 0 radical (unpaired) electrons. The Labute approximate surface area is 112 Å². The number of benzene rings is 1. The standard InChI is InChI=1S/C12H12F4N4/c1-6(17)11-7(2)20(19-18-11)10-5-8(12(14,15)16)3-4-9(10)13/h3-6H,17H2,1-2H3. The second-order valence-corrected chi connectivity index (χ2v) is 4.42. The minimum atomic E-state index is -4.55. The van der Waals surface area contributed by atoms with Crippen LogP contribution in [-0.4, -0.2) is 15.0 Å². The molecule has 0 saturated heterocycles. The number of aromatic nitrogens is 3. The van der Waals surface area contributed by atoms with Gasteiger partial charge in [-0.25, -0.2) is 9.07 Å². The largest absolute Gasteiger partial charge is 0.416 e. The summed E-state index contributed by atoms with van der Waals surface area (Å²) in [5, 5.41) is 7.44. The molecule has 2 N–H and O–H groups in total. The summed E-state index contributed by atoms with van der Waals surface area (Å²) in [6, 6.07) is 1.68. The summed E-state index contributed by atoms with van der Waals surface area (Å²) in [5.41, 5.74) is 5.20. The molecule has 108 valence electrons. The van der Waals surface area contributed by atoms with Gasteiger partial charge in [0.1, 0.15) is 17.2 Å². The average molecular weight is 288 g/mol. The van der Waals surface area contributed by atoms with Crippen molar-refractivity contribution < 1.29 is 17.6 Å². The topological polar surface area (TPSA) is 56.7 Å². The Morgan fingerprint density at radius 2 is 1.95 bits per heavy atom. The highest BCUT2D eigenvalue weighted by Gasteiger charge is 2.31. The fourth-order valence-electron chi connectivity index (χ4n) is 1.84. The summed E-state index contributed by atoms with van der Waals surface area (Å²) >= 11 is 0. The van der Waals surface area contributed by atoms with E-state index in [-0.39, 0.29) is 5.69 Å². The minimum absolute atomic E-state index is 0.309. The first-order valence-electron chi connectivity index (χ1n) is 5.76. The Kier molecular flexibility index (Phi) is 3.51. The molecule has 2 rings (SSSR count). The number of hydrogen-bond acceptors (Lipinski definition) is 3. The van der Waals surface area contributed by atoms with E-state index in [9.17, 15) is 17.6 Å². The normalized spacial score (nSPS) is 13.6. The van der Waals surface area contributed by atoms with Crippen molar-refractivity contribution in [3.63, 3.8) is 0 Å². The molecule has 1 aromatic carbocycles. The highest BCUT2D eigenvalue weighted by atomic mass is 19.4.